The van der Waals surface area contributed by atoms with Crippen molar-refractivity contribution in [2.24, 2.45) is 0 Å². The molecule has 0 aliphatic carbocycles. The van der Waals surface area contributed by atoms with Crippen molar-refractivity contribution in [3.05, 3.63) is 0 Å². The average molecular weight is 385 g/mol. The molecule has 0 aromatic heterocycles. The third-order valence-corrected chi connectivity index (χ3v) is 5.15. The lowest BCUT2D eigenvalue weighted by Gasteiger charge is -2.15. The Morgan fingerprint density at radius 1 is 0.704 bits per heavy atom. The van der Waals surface area contributed by atoms with E-state index in [-0.39, 0.29) is 18.5 Å². The Bertz CT molecular complexity index is 354. The van der Waals surface area contributed by atoms with Gasteiger partial charge < -0.3 is 9.84 Å². The van der Waals surface area contributed by atoms with Gasteiger partial charge in [0.15, 0.2) is 0 Å². The van der Waals surface area contributed by atoms with Crippen LogP contribution in [0.2, 0.25) is 0 Å². The Labute approximate surface area is 167 Å². The average Bonchev–Trinajstić information content (AvgIpc) is 2.64. The van der Waals surface area contributed by atoms with Crippen LogP contribution in [0.1, 0.15) is 129 Å². The van der Waals surface area contributed by atoms with Gasteiger partial charge in [0.05, 0.1) is 0 Å². The van der Waals surface area contributed by atoms with Crippen LogP contribution < -0.4 is 0 Å². The first-order valence-electron chi connectivity index (χ1n) is 11.5. The fourth-order valence-corrected chi connectivity index (χ4v) is 3.36. The van der Waals surface area contributed by atoms with E-state index in [0.29, 0.717) is 19.3 Å². The van der Waals surface area contributed by atoms with Crippen LogP contribution in [-0.2, 0) is 14.3 Å². The number of ether oxygens (including phenoxy) is 1. The molecule has 27 heavy (non-hydrogen) atoms. The van der Waals surface area contributed by atoms with Crippen LogP contribution in [0.4, 0.5) is 0 Å². The molecule has 0 aromatic carbocycles. The molecule has 0 aliphatic rings. The largest absolute Gasteiger partial charge is 0.481 e. The highest BCUT2D eigenvalue weighted by Crippen LogP contribution is 2.14. The fraction of sp³-hybridized carbons (Fsp3) is 0.913. The van der Waals surface area contributed by atoms with Crippen molar-refractivity contribution in [2.75, 3.05) is 0 Å². The SMILES string of the molecule is CCCCCCCCCCCCCCCC(=O)OC(CC)CCCC(=O)O. The summed E-state index contributed by atoms with van der Waals surface area (Å²) < 4.78 is 5.46. The maximum absolute atomic E-state index is 11.9. The Morgan fingerprint density at radius 3 is 1.63 bits per heavy atom. The first-order valence-corrected chi connectivity index (χ1v) is 11.5. The van der Waals surface area contributed by atoms with Crippen molar-refractivity contribution in [3.8, 4) is 0 Å². The van der Waals surface area contributed by atoms with E-state index in [9.17, 15) is 9.59 Å². The molecule has 0 radical (unpaired) electrons. The van der Waals surface area contributed by atoms with Crippen molar-refractivity contribution in [1.29, 1.82) is 0 Å². The third kappa shape index (κ3) is 19.5. The van der Waals surface area contributed by atoms with Gasteiger partial charge in [0, 0.05) is 12.8 Å². The van der Waals surface area contributed by atoms with E-state index in [2.05, 4.69) is 6.92 Å². The minimum absolute atomic E-state index is 0.125. The van der Waals surface area contributed by atoms with Gasteiger partial charge in [0.25, 0.3) is 0 Å². The van der Waals surface area contributed by atoms with Crippen molar-refractivity contribution in [1.82, 2.24) is 0 Å². The molecule has 4 heteroatoms. The molecule has 1 atom stereocenters. The number of unbranched alkanes of at least 4 members (excludes halogenated alkanes) is 12. The predicted octanol–water partition coefficient (Wildman–Crippen LogP) is 7.04. The molecule has 0 amide bonds. The zero-order valence-corrected chi connectivity index (χ0v) is 18.0. The van der Waals surface area contributed by atoms with E-state index in [4.69, 9.17) is 9.84 Å². The van der Waals surface area contributed by atoms with E-state index in [1.807, 2.05) is 6.92 Å². The van der Waals surface area contributed by atoms with Crippen LogP contribution in [0.5, 0.6) is 0 Å². The van der Waals surface area contributed by atoms with Gasteiger partial charge in [-0.25, -0.2) is 0 Å². The van der Waals surface area contributed by atoms with Crippen molar-refractivity contribution in [2.45, 2.75) is 136 Å². The van der Waals surface area contributed by atoms with E-state index in [0.717, 1.165) is 19.3 Å². The summed E-state index contributed by atoms with van der Waals surface area (Å²) in [5, 5.41) is 8.66. The lowest BCUT2D eigenvalue weighted by molar-refractivity contribution is -0.149. The number of rotatable bonds is 20. The number of esters is 1. The van der Waals surface area contributed by atoms with E-state index in [1.54, 1.807) is 0 Å². The molecular formula is C23H44O4. The summed E-state index contributed by atoms with van der Waals surface area (Å²) >= 11 is 0. The van der Waals surface area contributed by atoms with Gasteiger partial charge in [-0.05, 0) is 25.7 Å². The van der Waals surface area contributed by atoms with Crippen LogP contribution in [0.15, 0.2) is 0 Å². The van der Waals surface area contributed by atoms with E-state index >= 15 is 0 Å². The summed E-state index contributed by atoms with van der Waals surface area (Å²) in [6, 6.07) is 0. The topological polar surface area (TPSA) is 63.6 Å². The number of carbonyl (C=O) groups excluding carboxylic acids is 1. The van der Waals surface area contributed by atoms with Crippen molar-refractivity contribution < 1.29 is 19.4 Å². The molecule has 1 unspecified atom stereocenters. The number of carboxylic acid groups (broad SMARTS) is 1. The summed E-state index contributed by atoms with van der Waals surface area (Å²) in [6.45, 7) is 4.24. The van der Waals surface area contributed by atoms with Crippen LogP contribution in [-0.4, -0.2) is 23.1 Å². The van der Waals surface area contributed by atoms with Crippen LogP contribution in [0.25, 0.3) is 0 Å². The molecule has 0 aliphatic heterocycles. The Morgan fingerprint density at radius 2 is 1.19 bits per heavy atom. The standard InChI is InChI=1S/C23H44O4/c1-3-5-6-7-8-9-10-11-12-13-14-15-16-20-23(26)27-21(4-2)18-17-19-22(24)25/h21H,3-20H2,1-2H3,(H,24,25). The normalized spacial score (nSPS) is 12.1. The highest BCUT2D eigenvalue weighted by molar-refractivity contribution is 5.69. The first kappa shape index (κ1) is 25.9. The summed E-state index contributed by atoms with van der Waals surface area (Å²) in [7, 11) is 0. The number of hydrogen-bond acceptors (Lipinski definition) is 3. The first-order chi connectivity index (χ1) is 13.1. The van der Waals surface area contributed by atoms with Gasteiger partial charge in [0.2, 0.25) is 0 Å². The van der Waals surface area contributed by atoms with E-state index in [1.165, 1.54) is 70.6 Å². The van der Waals surface area contributed by atoms with Crippen molar-refractivity contribution in [3.63, 3.8) is 0 Å². The van der Waals surface area contributed by atoms with Gasteiger partial charge in [-0.2, -0.15) is 0 Å². The van der Waals surface area contributed by atoms with Crippen LogP contribution in [0.3, 0.4) is 0 Å². The molecule has 1 N–H and O–H groups in total. The zero-order chi connectivity index (χ0) is 20.2. The number of carbonyl (C=O) groups is 2. The molecule has 0 fully saturated rings. The molecule has 0 heterocycles. The quantitative estimate of drug-likeness (QED) is 0.180. The number of aliphatic carboxylic acids is 1. The molecular weight excluding hydrogens is 340 g/mol. The molecule has 0 saturated carbocycles. The van der Waals surface area contributed by atoms with Crippen molar-refractivity contribution >= 4 is 11.9 Å². The maximum atomic E-state index is 11.9. The minimum Gasteiger partial charge on any atom is -0.481 e. The second kappa shape index (κ2) is 19.7. The van der Waals surface area contributed by atoms with Crippen LogP contribution in [0, 0.1) is 0 Å². The van der Waals surface area contributed by atoms with Gasteiger partial charge >= 0.3 is 11.9 Å². The van der Waals surface area contributed by atoms with Gasteiger partial charge in [-0.3, -0.25) is 9.59 Å². The fourth-order valence-electron chi connectivity index (χ4n) is 3.36. The Kier molecular flexibility index (Phi) is 18.9. The lowest BCUT2D eigenvalue weighted by atomic mass is 10.0. The highest BCUT2D eigenvalue weighted by Gasteiger charge is 2.12. The summed E-state index contributed by atoms with van der Waals surface area (Å²) in [5.41, 5.74) is 0. The molecule has 160 valence electrons. The Balaban J connectivity index is 3.40. The molecule has 0 rings (SSSR count). The molecule has 0 spiro atoms. The zero-order valence-electron chi connectivity index (χ0n) is 18.0. The number of carboxylic acids is 1. The van der Waals surface area contributed by atoms with Gasteiger partial charge in [-0.15, -0.1) is 0 Å². The molecule has 4 nitrogen and oxygen atoms in total. The number of hydrogen-bond donors (Lipinski definition) is 1. The monoisotopic (exact) mass is 384 g/mol. The molecule has 0 saturated heterocycles. The molecule has 0 aromatic rings. The molecule has 0 bridgehead atoms. The smallest absolute Gasteiger partial charge is 0.306 e. The maximum Gasteiger partial charge on any atom is 0.306 e. The summed E-state index contributed by atoms with van der Waals surface area (Å²) in [6.07, 6.45) is 19.3. The Hall–Kier alpha value is -1.06. The summed E-state index contributed by atoms with van der Waals surface area (Å²) in [5.74, 6) is -0.914. The van der Waals surface area contributed by atoms with E-state index < -0.39 is 5.97 Å². The third-order valence-electron chi connectivity index (χ3n) is 5.15. The minimum atomic E-state index is -0.789. The van der Waals surface area contributed by atoms with Crippen LogP contribution >= 0.6 is 0 Å². The predicted molar refractivity (Wildman–Crippen MR) is 112 cm³/mol. The van der Waals surface area contributed by atoms with Gasteiger partial charge in [-0.1, -0.05) is 90.9 Å². The second-order valence-corrected chi connectivity index (χ2v) is 7.80. The second-order valence-electron chi connectivity index (χ2n) is 7.80. The van der Waals surface area contributed by atoms with Gasteiger partial charge in [0.1, 0.15) is 6.10 Å². The summed E-state index contributed by atoms with van der Waals surface area (Å²) in [4.78, 5) is 22.4. The lowest BCUT2D eigenvalue weighted by Crippen LogP contribution is -2.17. The highest BCUT2D eigenvalue weighted by atomic mass is 16.5.